The van der Waals surface area contributed by atoms with E-state index >= 15 is 0 Å². The maximum Gasteiger partial charge on any atom is 0.419 e. The maximum absolute atomic E-state index is 14.2. The first-order valence-corrected chi connectivity index (χ1v) is 13.7. The Morgan fingerprint density at radius 2 is 1.91 bits per heavy atom. The molecule has 1 atom stereocenters. The van der Waals surface area contributed by atoms with E-state index in [0.717, 1.165) is 10.8 Å². The number of amides is 1. The summed E-state index contributed by atoms with van der Waals surface area (Å²) in [7, 11) is 0. The molecule has 1 saturated heterocycles. The number of carboxylic acid groups (broad SMARTS) is 1. The van der Waals surface area contributed by atoms with Crippen molar-refractivity contribution in [1.29, 1.82) is 0 Å². The number of halogens is 3. The third kappa shape index (κ3) is 6.38. The third-order valence-electron chi connectivity index (χ3n) is 6.90. The lowest BCUT2D eigenvalue weighted by Gasteiger charge is -2.34. The molecule has 0 aromatic carbocycles. The van der Waals surface area contributed by atoms with Crippen molar-refractivity contribution in [1.82, 2.24) is 29.6 Å². The summed E-state index contributed by atoms with van der Waals surface area (Å²) in [4.78, 5) is 38.8. The van der Waals surface area contributed by atoms with E-state index < -0.39 is 35.2 Å². The van der Waals surface area contributed by atoms with Gasteiger partial charge in [-0.15, -0.1) is 0 Å². The molecule has 5 heterocycles. The van der Waals surface area contributed by atoms with Crippen molar-refractivity contribution in [3.63, 3.8) is 0 Å². The first-order valence-electron chi connectivity index (χ1n) is 13.7. The first-order chi connectivity index (χ1) is 20.6. The summed E-state index contributed by atoms with van der Waals surface area (Å²) >= 11 is 0. The molecule has 0 spiro atoms. The van der Waals surface area contributed by atoms with E-state index in [2.05, 4.69) is 30.7 Å². The van der Waals surface area contributed by atoms with E-state index in [1.807, 2.05) is 0 Å². The lowest BCUT2D eigenvalue weighted by molar-refractivity contribution is -0.137. The van der Waals surface area contributed by atoms with Gasteiger partial charge in [-0.3, -0.25) is 0 Å². The summed E-state index contributed by atoms with van der Waals surface area (Å²) in [5.41, 5.74) is -1.48. The van der Waals surface area contributed by atoms with Gasteiger partial charge in [-0.25, -0.2) is 29.1 Å². The van der Waals surface area contributed by atoms with Crippen LogP contribution in [0.1, 0.15) is 50.6 Å². The van der Waals surface area contributed by atoms with Crippen LogP contribution in [-0.4, -0.2) is 71.6 Å². The SMILES string of the molecule is Cc1noc(C)c1Nc1ccc2c(-c3nc(N[C@H]4CCCN(C(=O)OC(C)(C)C)C4)ncc3C(F)(F)F)cn(C(=O)O)c2n1. The standard InChI is InChI=1S/C28H31F3N8O5/c1-14-21(15(2)44-37-14)34-20-9-8-17-18(13-39(25(40)41)23(17)35-20)22-19(28(29,30)31)11-32-24(36-22)33-16-7-6-10-38(12-16)26(42)43-27(3,4)5/h8-9,11,13,16H,6-7,10,12H2,1-5H3,(H,34,35)(H,40,41)(H,32,33,36)/t16-/m0/s1. The lowest BCUT2D eigenvalue weighted by atomic mass is 10.1. The van der Waals surface area contributed by atoms with Crippen molar-refractivity contribution in [3.8, 4) is 11.3 Å². The smallest absolute Gasteiger partial charge is 0.419 e. The molecule has 0 saturated carbocycles. The van der Waals surface area contributed by atoms with Crippen molar-refractivity contribution in [3.05, 3.63) is 41.5 Å². The van der Waals surface area contributed by atoms with Crippen molar-refractivity contribution in [2.75, 3.05) is 23.7 Å². The monoisotopic (exact) mass is 616 g/mol. The number of rotatable bonds is 5. The molecular formula is C28H31F3N8O5. The molecule has 0 bridgehead atoms. The van der Waals surface area contributed by atoms with Crippen LogP contribution in [0.3, 0.4) is 0 Å². The van der Waals surface area contributed by atoms with Crippen LogP contribution in [0.2, 0.25) is 0 Å². The van der Waals surface area contributed by atoms with Crippen LogP contribution in [0, 0.1) is 13.8 Å². The second kappa shape index (κ2) is 11.3. The summed E-state index contributed by atoms with van der Waals surface area (Å²) in [6.45, 7) is 9.37. The Labute approximate surface area is 249 Å². The highest BCUT2D eigenvalue weighted by Gasteiger charge is 2.37. The summed E-state index contributed by atoms with van der Waals surface area (Å²) in [5, 5.41) is 19.9. The molecule has 4 aromatic rings. The van der Waals surface area contributed by atoms with Crippen LogP contribution in [0.4, 0.5) is 40.2 Å². The molecule has 5 rings (SSSR count). The van der Waals surface area contributed by atoms with E-state index in [4.69, 9.17) is 9.26 Å². The highest BCUT2D eigenvalue weighted by molar-refractivity contribution is 5.99. The highest BCUT2D eigenvalue weighted by Crippen LogP contribution is 2.40. The second-order valence-corrected chi connectivity index (χ2v) is 11.5. The zero-order chi connectivity index (χ0) is 32.0. The number of nitrogens with zero attached hydrogens (tertiary/aromatic N) is 6. The summed E-state index contributed by atoms with van der Waals surface area (Å²) < 4.78 is 53.9. The summed E-state index contributed by atoms with van der Waals surface area (Å²) in [6, 6.07) is 2.61. The van der Waals surface area contributed by atoms with Gasteiger partial charge in [0.15, 0.2) is 11.4 Å². The van der Waals surface area contributed by atoms with Crippen LogP contribution >= 0.6 is 0 Å². The highest BCUT2D eigenvalue weighted by atomic mass is 19.4. The predicted octanol–water partition coefficient (Wildman–Crippen LogP) is 6.20. The Bertz CT molecular complexity index is 1710. The minimum atomic E-state index is -4.85. The Hall–Kier alpha value is -4.89. The Balaban J connectivity index is 1.51. The number of nitrogens with one attached hydrogen (secondary N) is 2. The number of pyridine rings is 1. The molecule has 13 nitrogen and oxygen atoms in total. The van der Waals surface area contributed by atoms with Gasteiger partial charge in [0.25, 0.3) is 0 Å². The van der Waals surface area contributed by atoms with Crippen molar-refractivity contribution in [2.24, 2.45) is 0 Å². The molecule has 44 heavy (non-hydrogen) atoms. The van der Waals surface area contributed by atoms with Gasteiger partial charge in [0.1, 0.15) is 28.4 Å². The van der Waals surface area contributed by atoms with Gasteiger partial charge < -0.3 is 29.9 Å². The van der Waals surface area contributed by atoms with Crippen LogP contribution in [-0.2, 0) is 10.9 Å². The third-order valence-corrected chi connectivity index (χ3v) is 6.90. The number of aryl methyl sites for hydroxylation is 2. The molecule has 3 N–H and O–H groups in total. The number of hydrogen-bond acceptors (Lipinski definition) is 10. The predicted molar refractivity (Wildman–Crippen MR) is 153 cm³/mol. The van der Waals surface area contributed by atoms with Crippen LogP contribution in [0.15, 0.2) is 29.0 Å². The number of aromatic nitrogens is 5. The molecule has 1 aliphatic heterocycles. The summed E-state index contributed by atoms with van der Waals surface area (Å²) in [6.07, 6.45) is -3.84. The van der Waals surface area contributed by atoms with Gasteiger partial charge in [-0.05, 0) is 59.6 Å². The Kier molecular flexibility index (Phi) is 7.86. The van der Waals surface area contributed by atoms with Gasteiger partial charge in [0.05, 0.1) is 5.69 Å². The first kappa shape index (κ1) is 30.6. The maximum atomic E-state index is 14.2. The largest absolute Gasteiger partial charge is 0.464 e. The van der Waals surface area contributed by atoms with E-state index in [9.17, 15) is 27.9 Å². The van der Waals surface area contributed by atoms with Gasteiger partial charge in [0.2, 0.25) is 5.95 Å². The Morgan fingerprint density at radius 3 is 2.55 bits per heavy atom. The van der Waals surface area contributed by atoms with Crippen LogP contribution in [0.5, 0.6) is 0 Å². The van der Waals surface area contributed by atoms with Crippen LogP contribution in [0.25, 0.3) is 22.3 Å². The molecule has 0 unspecified atom stereocenters. The van der Waals surface area contributed by atoms with E-state index in [0.29, 0.717) is 42.7 Å². The van der Waals surface area contributed by atoms with Crippen molar-refractivity contribution < 1.29 is 37.1 Å². The Morgan fingerprint density at radius 1 is 1.16 bits per heavy atom. The second-order valence-electron chi connectivity index (χ2n) is 11.5. The molecule has 1 amide bonds. The average Bonchev–Trinajstić information content (AvgIpc) is 3.47. The fourth-order valence-corrected chi connectivity index (χ4v) is 4.93. The molecule has 4 aromatic heterocycles. The lowest BCUT2D eigenvalue weighted by Crippen LogP contribution is -2.47. The number of hydrogen-bond donors (Lipinski definition) is 3. The van der Waals surface area contributed by atoms with Crippen molar-refractivity contribution >= 4 is 40.7 Å². The molecular weight excluding hydrogens is 585 g/mol. The average molecular weight is 617 g/mol. The van der Waals surface area contributed by atoms with Crippen molar-refractivity contribution in [2.45, 2.75) is 65.3 Å². The van der Waals surface area contributed by atoms with Gasteiger partial charge in [0, 0.05) is 42.5 Å². The number of anilines is 3. The van der Waals surface area contributed by atoms with Gasteiger partial charge in [-0.1, -0.05) is 5.16 Å². The van der Waals surface area contributed by atoms with Gasteiger partial charge in [-0.2, -0.15) is 13.2 Å². The fourth-order valence-electron chi connectivity index (χ4n) is 4.93. The molecule has 0 aliphatic carbocycles. The quantitative estimate of drug-likeness (QED) is 0.234. The molecule has 234 valence electrons. The zero-order valence-electron chi connectivity index (χ0n) is 24.6. The fraction of sp³-hybridized carbons (Fsp3) is 0.429. The zero-order valence-corrected chi connectivity index (χ0v) is 24.6. The number of likely N-dealkylation sites (tertiary alicyclic amines) is 1. The molecule has 16 heteroatoms. The number of carbonyl (C=O) groups is 2. The number of fused-ring (bicyclic) bond motifs is 1. The minimum Gasteiger partial charge on any atom is -0.464 e. The molecule has 0 radical (unpaired) electrons. The van der Waals surface area contributed by atoms with E-state index in [1.165, 1.54) is 17.0 Å². The number of carbonyl (C=O) groups excluding carboxylic acids is 1. The van der Waals surface area contributed by atoms with E-state index in [-0.39, 0.29) is 40.9 Å². The topological polar surface area (TPSA) is 161 Å². The molecule has 1 fully saturated rings. The van der Waals surface area contributed by atoms with Gasteiger partial charge >= 0.3 is 18.4 Å². The van der Waals surface area contributed by atoms with Crippen LogP contribution < -0.4 is 10.6 Å². The molecule has 1 aliphatic rings. The van der Waals surface area contributed by atoms with E-state index in [1.54, 1.807) is 34.6 Å². The summed E-state index contributed by atoms with van der Waals surface area (Å²) in [5.74, 6) is 0.596. The number of piperidine rings is 1. The number of alkyl halides is 3. The number of ether oxygens (including phenoxy) is 1. The minimum absolute atomic E-state index is 0.101. The normalized spacial score (nSPS) is 15.8.